The molecule has 0 aliphatic carbocycles. The summed E-state index contributed by atoms with van der Waals surface area (Å²) in [5, 5.41) is 3.25. The molecule has 0 aliphatic heterocycles. The van der Waals surface area contributed by atoms with Crippen molar-refractivity contribution in [2.45, 2.75) is 33.2 Å². The number of imidazole rings is 1. The van der Waals surface area contributed by atoms with Crippen LogP contribution in [0.2, 0.25) is 0 Å². The molecule has 0 fully saturated rings. The Kier molecular flexibility index (Phi) is 4.92. The second-order valence-electron chi connectivity index (χ2n) is 4.48. The van der Waals surface area contributed by atoms with Gasteiger partial charge in [0, 0.05) is 25.5 Å². The standard InChI is InChI=1S/C14H21N5O/c1-4-6-15-13-12(20-3)11(17-10-18-13)14-16-7-9-19(14)8-5-2/h7,9-10H,4-6,8H2,1-3H3,(H,15,17,18). The Labute approximate surface area is 119 Å². The molecule has 2 heterocycles. The molecular formula is C14H21N5O. The van der Waals surface area contributed by atoms with Crippen molar-refractivity contribution in [1.29, 1.82) is 0 Å². The van der Waals surface area contributed by atoms with Gasteiger partial charge in [-0.05, 0) is 12.8 Å². The summed E-state index contributed by atoms with van der Waals surface area (Å²) in [6.45, 7) is 5.99. The summed E-state index contributed by atoms with van der Waals surface area (Å²) in [6, 6.07) is 0. The summed E-state index contributed by atoms with van der Waals surface area (Å²) in [5.74, 6) is 2.17. The molecule has 0 amide bonds. The first-order valence-electron chi connectivity index (χ1n) is 6.96. The fourth-order valence-corrected chi connectivity index (χ4v) is 2.04. The molecule has 2 aromatic rings. The molecule has 0 unspecified atom stereocenters. The zero-order valence-electron chi connectivity index (χ0n) is 12.3. The molecule has 0 aromatic carbocycles. The van der Waals surface area contributed by atoms with E-state index in [2.05, 4.69) is 38.7 Å². The van der Waals surface area contributed by atoms with E-state index in [1.807, 2.05) is 6.20 Å². The van der Waals surface area contributed by atoms with Crippen molar-refractivity contribution in [2.24, 2.45) is 0 Å². The van der Waals surface area contributed by atoms with Crippen molar-refractivity contribution in [2.75, 3.05) is 19.0 Å². The molecule has 1 N–H and O–H groups in total. The van der Waals surface area contributed by atoms with Crippen LogP contribution in [0.15, 0.2) is 18.7 Å². The Morgan fingerprint density at radius 3 is 2.75 bits per heavy atom. The number of aromatic nitrogens is 4. The maximum atomic E-state index is 5.49. The van der Waals surface area contributed by atoms with Gasteiger partial charge in [-0.3, -0.25) is 0 Å². The minimum atomic E-state index is 0.643. The van der Waals surface area contributed by atoms with Crippen LogP contribution in [0.1, 0.15) is 26.7 Å². The minimum absolute atomic E-state index is 0.643. The van der Waals surface area contributed by atoms with E-state index in [-0.39, 0.29) is 0 Å². The summed E-state index contributed by atoms with van der Waals surface area (Å²) in [6.07, 6.45) is 7.34. The highest BCUT2D eigenvalue weighted by atomic mass is 16.5. The Morgan fingerprint density at radius 2 is 2.05 bits per heavy atom. The van der Waals surface area contributed by atoms with Crippen LogP contribution in [-0.2, 0) is 6.54 Å². The maximum absolute atomic E-state index is 5.49. The van der Waals surface area contributed by atoms with Crippen molar-refractivity contribution in [3.8, 4) is 17.3 Å². The molecule has 0 spiro atoms. The highest BCUT2D eigenvalue weighted by molar-refractivity contribution is 5.68. The van der Waals surface area contributed by atoms with Crippen LogP contribution in [0.4, 0.5) is 5.82 Å². The van der Waals surface area contributed by atoms with Crippen LogP contribution < -0.4 is 10.1 Å². The fourth-order valence-electron chi connectivity index (χ4n) is 2.04. The lowest BCUT2D eigenvalue weighted by atomic mass is 10.3. The minimum Gasteiger partial charge on any atom is -0.491 e. The van der Waals surface area contributed by atoms with Crippen molar-refractivity contribution >= 4 is 5.82 Å². The first-order valence-corrected chi connectivity index (χ1v) is 6.96. The van der Waals surface area contributed by atoms with Crippen molar-refractivity contribution < 1.29 is 4.74 Å². The monoisotopic (exact) mass is 275 g/mol. The molecule has 0 radical (unpaired) electrons. The van der Waals surface area contributed by atoms with Gasteiger partial charge in [0.2, 0.25) is 0 Å². The van der Waals surface area contributed by atoms with Crippen LogP contribution in [0.3, 0.4) is 0 Å². The van der Waals surface area contributed by atoms with E-state index in [9.17, 15) is 0 Å². The van der Waals surface area contributed by atoms with Gasteiger partial charge in [0.25, 0.3) is 0 Å². The van der Waals surface area contributed by atoms with Gasteiger partial charge in [-0.15, -0.1) is 0 Å². The van der Waals surface area contributed by atoms with Crippen LogP contribution in [0, 0.1) is 0 Å². The topological polar surface area (TPSA) is 64.9 Å². The summed E-state index contributed by atoms with van der Waals surface area (Å²) >= 11 is 0. The number of hydrogen-bond acceptors (Lipinski definition) is 5. The van der Waals surface area contributed by atoms with Gasteiger partial charge >= 0.3 is 0 Å². The number of nitrogens with one attached hydrogen (secondary N) is 1. The van der Waals surface area contributed by atoms with Crippen LogP contribution in [-0.4, -0.2) is 33.2 Å². The number of hydrogen-bond donors (Lipinski definition) is 1. The smallest absolute Gasteiger partial charge is 0.190 e. The predicted octanol–water partition coefficient (Wildman–Crippen LogP) is 2.58. The molecule has 2 aromatic heterocycles. The zero-order valence-corrected chi connectivity index (χ0v) is 12.3. The Morgan fingerprint density at radius 1 is 1.20 bits per heavy atom. The Bertz CT molecular complexity index is 552. The van der Waals surface area contributed by atoms with Crippen molar-refractivity contribution in [1.82, 2.24) is 19.5 Å². The summed E-state index contributed by atoms with van der Waals surface area (Å²) < 4.78 is 7.57. The van der Waals surface area contributed by atoms with Gasteiger partial charge in [-0.2, -0.15) is 0 Å². The van der Waals surface area contributed by atoms with Gasteiger partial charge < -0.3 is 14.6 Å². The first-order chi connectivity index (χ1) is 9.81. The van der Waals surface area contributed by atoms with E-state index < -0.39 is 0 Å². The third-order valence-corrected chi connectivity index (χ3v) is 2.94. The van der Waals surface area contributed by atoms with Crippen LogP contribution in [0.25, 0.3) is 11.5 Å². The Hall–Kier alpha value is -2.11. The van der Waals surface area contributed by atoms with Crippen LogP contribution >= 0.6 is 0 Å². The highest BCUT2D eigenvalue weighted by Gasteiger charge is 2.17. The van der Waals surface area contributed by atoms with E-state index in [0.717, 1.165) is 37.4 Å². The van der Waals surface area contributed by atoms with E-state index in [0.29, 0.717) is 11.6 Å². The van der Waals surface area contributed by atoms with Crippen molar-refractivity contribution in [3.63, 3.8) is 0 Å². The van der Waals surface area contributed by atoms with Crippen molar-refractivity contribution in [3.05, 3.63) is 18.7 Å². The van der Waals surface area contributed by atoms with Gasteiger partial charge in [0.15, 0.2) is 23.1 Å². The quantitative estimate of drug-likeness (QED) is 0.841. The lowest BCUT2D eigenvalue weighted by molar-refractivity contribution is 0.414. The van der Waals surface area contributed by atoms with E-state index in [4.69, 9.17) is 4.74 Å². The highest BCUT2D eigenvalue weighted by Crippen LogP contribution is 2.32. The third-order valence-electron chi connectivity index (χ3n) is 2.94. The SMILES string of the molecule is CCCNc1ncnc(-c2nccn2CCC)c1OC. The summed E-state index contributed by atoms with van der Waals surface area (Å²) in [7, 11) is 1.63. The molecule has 108 valence electrons. The molecule has 0 aliphatic rings. The Balaban J connectivity index is 2.42. The van der Waals surface area contributed by atoms with E-state index >= 15 is 0 Å². The van der Waals surface area contributed by atoms with Crippen LogP contribution in [0.5, 0.6) is 5.75 Å². The number of methoxy groups -OCH3 is 1. The number of aryl methyl sites for hydroxylation is 1. The number of rotatable bonds is 7. The second kappa shape index (κ2) is 6.88. The largest absolute Gasteiger partial charge is 0.491 e. The first kappa shape index (κ1) is 14.3. The molecule has 0 bridgehead atoms. The molecule has 6 nitrogen and oxygen atoms in total. The lowest BCUT2D eigenvalue weighted by Gasteiger charge is -2.13. The molecule has 20 heavy (non-hydrogen) atoms. The average molecular weight is 275 g/mol. The molecule has 0 saturated heterocycles. The average Bonchev–Trinajstić information content (AvgIpc) is 2.93. The fraction of sp³-hybridized carbons (Fsp3) is 0.500. The third kappa shape index (κ3) is 2.89. The van der Waals surface area contributed by atoms with Gasteiger partial charge in [0.1, 0.15) is 6.33 Å². The molecule has 2 rings (SSSR count). The molecule has 6 heteroatoms. The summed E-state index contributed by atoms with van der Waals surface area (Å²) in [5.41, 5.74) is 0.722. The van der Waals surface area contributed by atoms with Gasteiger partial charge in [-0.25, -0.2) is 15.0 Å². The lowest BCUT2D eigenvalue weighted by Crippen LogP contribution is -2.07. The zero-order chi connectivity index (χ0) is 14.4. The number of nitrogens with zero attached hydrogens (tertiary/aromatic N) is 4. The second-order valence-corrected chi connectivity index (χ2v) is 4.48. The number of ether oxygens (including phenoxy) is 1. The molecule has 0 atom stereocenters. The summed E-state index contributed by atoms with van der Waals surface area (Å²) in [4.78, 5) is 13.0. The van der Waals surface area contributed by atoms with Gasteiger partial charge in [0.05, 0.1) is 7.11 Å². The molecular weight excluding hydrogens is 254 g/mol. The predicted molar refractivity (Wildman–Crippen MR) is 78.9 cm³/mol. The van der Waals surface area contributed by atoms with Gasteiger partial charge in [-0.1, -0.05) is 13.8 Å². The number of anilines is 1. The molecule has 0 saturated carbocycles. The normalized spacial score (nSPS) is 10.6. The van der Waals surface area contributed by atoms with E-state index in [1.165, 1.54) is 0 Å². The van der Waals surface area contributed by atoms with E-state index in [1.54, 1.807) is 19.6 Å². The maximum Gasteiger partial charge on any atom is 0.190 e.